The van der Waals surface area contributed by atoms with Crippen LogP contribution in [0.3, 0.4) is 0 Å². The summed E-state index contributed by atoms with van der Waals surface area (Å²) in [5.41, 5.74) is 0.192. The average Bonchev–Trinajstić information content (AvgIpc) is 2.46. The highest BCUT2D eigenvalue weighted by molar-refractivity contribution is 6.21. The number of hydrogen-bond acceptors (Lipinski definition) is 3. The molecule has 1 aromatic carbocycles. The maximum atomic E-state index is 12.1. The molecule has 1 aromatic rings. The van der Waals surface area contributed by atoms with Gasteiger partial charge in [0.25, 0.3) is 5.91 Å². The molecule has 0 saturated carbocycles. The van der Waals surface area contributed by atoms with Crippen molar-refractivity contribution in [2.45, 2.75) is 32.1 Å². The molecule has 0 fully saturated rings. The lowest BCUT2D eigenvalue weighted by molar-refractivity contribution is 0.0948. The van der Waals surface area contributed by atoms with Gasteiger partial charge in [0.1, 0.15) is 11.5 Å². The van der Waals surface area contributed by atoms with Crippen molar-refractivity contribution in [2.75, 3.05) is 13.7 Å². The van der Waals surface area contributed by atoms with Gasteiger partial charge < -0.3 is 15.2 Å². The number of benzene rings is 1. The van der Waals surface area contributed by atoms with Crippen molar-refractivity contribution in [2.24, 2.45) is 5.92 Å². The quantitative estimate of drug-likeness (QED) is 0.760. The summed E-state index contributed by atoms with van der Waals surface area (Å²) in [5, 5.41) is 12.4. The van der Waals surface area contributed by atoms with Gasteiger partial charge in [0.15, 0.2) is 0 Å². The maximum Gasteiger partial charge on any atom is 0.255 e. The van der Waals surface area contributed by atoms with Crippen LogP contribution in [-0.2, 0) is 0 Å². The molecule has 0 aromatic heterocycles. The number of ether oxygens (including phenoxy) is 1. The van der Waals surface area contributed by atoms with E-state index in [4.69, 9.17) is 16.3 Å². The lowest BCUT2D eigenvalue weighted by Crippen LogP contribution is -2.33. The second-order valence-corrected chi connectivity index (χ2v) is 5.25. The van der Waals surface area contributed by atoms with Crippen LogP contribution in [0.15, 0.2) is 18.2 Å². The normalized spacial score (nSPS) is 12.2. The first-order valence-electron chi connectivity index (χ1n) is 6.82. The van der Waals surface area contributed by atoms with Gasteiger partial charge in [-0.1, -0.05) is 26.7 Å². The summed E-state index contributed by atoms with van der Waals surface area (Å²) < 4.78 is 5.04. The molecule has 0 bridgehead atoms. The highest BCUT2D eigenvalue weighted by Crippen LogP contribution is 2.23. The van der Waals surface area contributed by atoms with E-state index in [2.05, 4.69) is 19.2 Å². The number of carbonyl (C=O) groups excluding carboxylic acids is 1. The Hall–Kier alpha value is -1.42. The van der Waals surface area contributed by atoms with E-state index in [0.29, 0.717) is 18.2 Å². The number of alkyl halides is 1. The summed E-state index contributed by atoms with van der Waals surface area (Å²) in [4.78, 5) is 12.1. The SMILES string of the molecule is CCC(CC)C(Cl)CNC(=O)c1cc(OC)ccc1O. The van der Waals surface area contributed by atoms with E-state index in [0.717, 1.165) is 12.8 Å². The number of halogens is 1. The number of amides is 1. The zero-order valence-electron chi connectivity index (χ0n) is 12.1. The molecule has 0 aliphatic heterocycles. The van der Waals surface area contributed by atoms with Gasteiger partial charge in [0.05, 0.1) is 18.1 Å². The molecule has 1 atom stereocenters. The molecule has 2 N–H and O–H groups in total. The number of rotatable bonds is 7. The lowest BCUT2D eigenvalue weighted by atomic mass is 9.99. The number of carbonyl (C=O) groups is 1. The fraction of sp³-hybridized carbons (Fsp3) is 0.533. The van der Waals surface area contributed by atoms with Crippen LogP contribution in [0.1, 0.15) is 37.0 Å². The van der Waals surface area contributed by atoms with Crippen LogP contribution >= 0.6 is 11.6 Å². The smallest absolute Gasteiger partial charge is 0.255 e. The first-order valence-corrected chi connectivity index (χ1v) is 7.26. The number of nitrogens with one attached hydrogen (secondary N) is 1. The minimum absolute atomic E-state index is 0.0723. The van der Waals surface area contributed by atoms with E-state index in [1.807, 2.05) is 0 Å². The minimum atomic E-state index is -0.349. The molecule has 112 valence electrons. The van der Waals surface area contributed by atoms with Gasteiger partial charge in [-0.2, -0.15) is 0 Å². The van der Waals surface area contributed by atoms with Crippen molar-refractivity contribution in [1.82, 2.24) is 5.32 Å². The van der Waals surface area contributed by atoms with Crippen LogP contribution in [0.4, 0.5) is 0 Å². The molecular weight excluding hydrogens is 278 g/mol. The third kappa shape index (κ3) is 4.30. The fourth-order valence-corrected chi connectivity index (χ4v) is 2.51. The van der Waals surface area contributed by atoms with Gasteiger partial charge in [-0.15, -0.1) is 11.6 Å². The van der Waals surface area contributed by atoms with Crippen LogP contribution in [0.5, 0.6) is 11.5 Å². The molecule has 1 amide bonds. The Kier molecular flexibility index (Phi) is 6.65. The van der Waals surface area contributed by atoms with E-state index < -0.39 is 0 Å². The average molecular weight is 300 g/mol. The van der Waals surface area contributed by atoms with Gasteiger partial charge in [-0.3, -0.25) is 4.79 Å². The summed E-state index contributed by atoms with van der Waals surface area (Å²) in [5.74, 6) is 0.473. The van der Waals surface area contributed by atoms with Crippen LogP contribution in [0, 0.1) is 5.92 Å². The fourth-order valence-electron chi connectivity index (χ4n) is 2.08. The van der Waals surface area contributed by atoms with Crippen LogP contribution in [0.25, 0.3) is 0 Å². The molecule has 5 heteroatoms. The third-order valence-corrected chi connectivity index (χ3v) is 3.98. The topological polar surface area (TPSA) is 58.6 Å². The highest BCUT2D eigenvalue weighted by atomic mass is 35.5. The summed E-state index contributed by atoms with van der Waals surface area (Å²) in [7, 11) is 1.51. The monoisotopic (exact) mass is 299 g/mol. The Morgan fingerprint density at radius 1 is 1.40 bits per heavy atom. The highest BCUT2D eigenvalue weighted by Gasteiger charge is 2.18. The van der Waals surface area contributed by atoms with Gasteiger partial charge in [0, 0.05) is 6.54 Å². The molecule has 0 aliphatic rings. The standard InChI is InChI=1S/C15H22ClNO3/c1-4-10(5-2)13(16)9-17-15(19)12-8-11(20-3)6-7-14(12)18/h6-8,10,13,18H,4-5,9H2,1-3H3,(H,17,19). The molecule has 0 saturated heterocycles. The number of phenols is 1. The zero-order valence-corrected chi connectivity index (χ0v) is 12.9. The van der Waals surface area contributed by atoms with Crippen molar-refractivity contribution in [3.05, 3.63) is 23.8 Å². The number of phenolic OH excluding ortho intramolecular Hbond substituents is 1. The van der Waals surface area contributed by atoms with Crippen molar-refractivity contribution in [1.29, 1.82) is 0 Å². The van der Waals surface area contributed by atoms with E-state index in [-0.39, 0.29) is 22.6 Å². The van der Waals surface area contributed by atoms with Gasteiger partial charge in [0.2, 0.25) is 0 Å². The van der Waals surface area contributed by atoms with E-state index in [1.54, 1.807) is 6.07 Å². The summed E-state index contributed by atoms with van der Waals surface area (Å²) in [6.45, 7) is 4.54. The van der Waals surface area contributed by atoms with Crippen molar-refractivity contribution < 1.29 is 14.6 Å². The van der Waals surface area contributed by atoms with Gasteiger partial charge >= 0.3 is 0 Å². The summed E-state index contributed by atoms with van der Waals surface area (Å²) in [6.07, 6.45) is 1.95. The van der Waals surface area contributed by atoms with Crippen molar-refractivity contribution in [3.63, 3.8) is 0 Å². The molecule has 1 rings (SSSR count). The zero-order chi connectivity index (χ0) is 15.1. The summed E-state index contributed by atoms with van der Waals surface area (Å²) in [6, 6.07) is 4.54. The Morgan fingerprint density at radius 2 is 2.05 bits per heavy atom. The first-order chi connectivity index (χ1) is 9.53. The summed E-state index contributed by atoms with van der Waals surface area (Å²) >= 11 is 6.28. The van der Waals surface area contributed by atoms with Crippen LogP contribution < -0.4 is 10.1 Å². The van der Waals surface area contributed by atoms with Crippen molar-refractivity contribution in [3.8, 4) is 11.5 Å². The predicted octanol–water partition coefficient (Wildman–Crippen LogP) is 3.17. The minimum Gasteiger partial charge on any atom is -0.507 e. The first kappa shape index (κ1) is 16.6. The molecule has 0 aliphatic carbocycles. The molecule has 1 unspecified atom stereocenters. The molecule has 0 heterocycles. The van der Waals surface area contributed by atoms with E-state index in [9.17, 15) is 9.90 Å². The second kappa shape index (κ2) is 8.00. The van der Waals surface area contributed by atoms with Crippen LogP contribution in [0.2, 0.25) is 0 Å². The van der Waals surface area contributed by atoms with Gasteiger partial charge in [-0.05, 0) is 24.1 Å². The third-order valence-electron chi connectivity index (χ3n) is 3.47. The Morgan fingerprint density at radius 3 is 2.60 bits per heavy atom. The largest absolute Gasteiger partial charge is 0.507 e. The molecular formula is C15H22ClNO3. The van der Waals surface area contributed by atoms with E-state index in [1.165, 1.54) is 19.2 Å². The number of aromatic hydroxyl groups is 1. The Labute approximate surface area is 125 Å². The molecule has 0 spiro atoms. The van der Waals surface area contributed by atoms with Crippen molar-refractivity contribution >= 4 is 17.5 Å². The Bertz CT molecular complexity index is 447. The predicted molar refractivity (Wildman–Crippen MR) is 80.7 cm³/mol. The van der Waals surface area contributed by atoms with Crippen LogP contribution in [-0.4, -0.2) is 30.0 Å². The molecule has 0 radical (unpaired) electrons. The number of hydrogen-bond donors (Lipinski definition) is 2. The lowest BCUT2D eigenvalue weighted by Gasteiger charge is -2.19. The van der Waals surface area contributed by atoms with E-state index >= 15 is 0 Å². The molecule has 4 nitrogen and oxygen atoms in total. The number of methoxy groups -OCH3 is 1. The second-order valence-electron chi connectivity index (χ2n) is 4.69. The maximum absolute atomic E-state index is 12.1. The Balaban J connectivity index is 2.67. The van der Waals surface area contributed by atoms with Gasteiger partial charge in [-0.25, -0.2) is 0 Å². The molecule has 20 heavy (non-hydrogen) atoms.